The maximum atomic E-state index is 9.55. The van der Waals surface area contributed by atoms with E-state index >= 15 is 0 Å². The van der Waals surface area contributed by atoms with E-state index in [4.69, 9.17) is 19.6 Å². The van der Waals surface area contributed by atoms with Crippen molar-refractivity contribution in [1.29, 1.82) is 0 Å². The number of hydrogen-bond donors (Lipinski definition) is 2. The van der Waals surface area contributed by atoms with Crippen LogP contribution in [-0.4, -0.2) is 36.7 Å². The highest BCUT2D eigenvalue weighted by Gasteiger charge is 2.48. The van der Waals surface area contributed by atoms with Gasteiger partial charge in [-0.1, -0.05) is 30.3 Å². The minimum Gasteiger partial charge on any atom is -0.461 e. The van der Waals surface area contributed by atoms with Gasteiger partial charge in [0.2, 0.25) is 0 Å². The Hall–Kier alpha value is -2.15. The summed E-state index contributed by atoms with van der Waals surface area (Å²) in [5.41, 5.74) is 7.87. The fourth-order valence-electron chi connectivity index (χ4n) is 3.23. The number of aliphatic hydroxyl groups is 1. The third-order valence-electron chi connectivity index (χ3n) is 4.55. The molecule has 6 heteroatoms. The van der Waals surface area contributed by atoms with Crippen LogP contribution in [0.15, 0.2) is 46.0 Å². The van der Waals surface area contributed by atoms with E-state index in [2.05, 4.69) is 4.99 Å². The number of rotatable bonds is 6. The molecule has 6 nitrogen and oxygen atoms in total. The van der Waals surface area contributed by atoms with Gasteiger partial charge in [0.25, 0.3) is 0 Å². The Kier molecular flexibility index (Phi) is 5.22. The summed E-state index contributed by atoms with van der Waals surface area (Å²) in [5, 5.41) is 9.55. The molecule has 0 radical (unpaired) electrons. The molecule has 0 aliphatic carbocycles. The minimum absolute atomic E-state index is 0.0676. The van der Waals surface area contributed by atoms with Crippen LogP contribution in [0, 0.1) is 0 Å². The highest BCUT2D eigenvalue weighted by Crippen LogP contribution is 2.46. The van der Waals surface area contributed by atoms with Gasteiger partial charge in [0.05, 0.1) is 43.1 Å². The summed E-state index contributed by atoms with van der Waals surface area (Å²) in [6, 6.07) is 9.95. The van der Waals surface area contributed by atoms with E-state index in [9.17, 15) is 5.11 Å². The molecule has 3 atom stereocenters. The average molecular weight is 344 g/mol. The monoisotopic (exact) mass is 344 g/mol. The molecule has 1 aromatic heterocycles. The summed E-state index contributed by atoms with van der Waals surface area (Å²) in [6.07, 6.45) is 3.00. The van der Waals surface area contributed by atoms with Crippen LogP contribution in [0.4, 0.5) is 5.69 Å². The fraction of sp³-hybridized carbons (Fsp3) is 0.421. The maximum Gasteiger partial charge on any atom is 0.167 e. The van der Waals surface area contributed by atoms with Gasteiger partial charge in [-0.3, -0.25) is 4.99 Å². The van der Waals surface area contributed by atoms with Gasteiger partial charge in [-0.15, -0.1) is 0 Å². The number of hydrogen-bond acceptors (Lipinski definition) is 6. The van der Waals surface area contributed by atoms with Crippen LogP contribution in [0.5, 0.6) is 0 Å². The number of benzene rings is 1. The summed E-state index contributed by atoms with van der Waals surface area (Å²) in [4.78, 5) is 3.94. The topological polar surface area (TPSA) is 90.2 Å². The first-order valence-corrected chi connectivity index (χ1v) is 8.30. The van der Waals surface area contributed by atoms with E-state index in [1.54, 1.807) is 19.5 Å². The van der Waals surface area contributed by atoms with Gasteiger partial charge in [0, 0.05) is 19.0 Å². The zero-order valence-electron chi connectivity index (χ0n) is 14.5. The lowest BCUT2D eigenvalue weighted by molar-refractivity contribution is -0.0960. The zero-order valence-corrected chi connectivity index (χ0v) is 14.5. The van der Waals surface area contributed by atoms with Gasteiger partial charge >= 0.3 is 0 Å². The molecule has 3 rings (SSSR count). The van der Waals surface area contributed by atoms with Gasteiger partial charge in [-0.25, -0.2) is 0 Å². The van der Waals surface area contributed by atoms with Gasteiger partial charge in [-0.2, -0.15) is 0 Å². The molecule has 134 valence electrons. The van der Waals surface area contributed by atoms with Crippen molar-refractivity contribution in [3.8, 4) is 0 Å². The van der Waals surface area contributed by atoms with Crippen molar-refractivity contribution in [2.45, 2.75) is 37.8 Å². The van der Waals surface area contributed by atoms with Gasteiger partial charge < -0.3 is 24.7 Å². The lowest BCUT2D eigenvalue weighted by Crippen LogP contribution is -2.32. The molecule has 0 bridgehead atoms. The predicted molar refractivity (Wildman–Crippen MR) is 95.6 cm³/mol. The number of furan rings is 1. The molecule has 0 saturated carbocycles. The van der Waals surface area contributed by atoms with Crippen molar-refractivity contribution in [2.24, 2.45) is 4.99 Å². The Labute approximate surface area is 147 Å². The second-order valence-corrected chi connectivity index (χ2v) is 6.47. The van der Waals surface area contributed by atoms with Gasteiger partial charge in [-0.05, 0) is 12.5 Å². The Balaban J connectivity index is 1.85. The molecule has 1 aromatic carbocycles. The predicted octanol–water partition coefficient (Wildman–Crippen LogP) is 2.71. The van der Waals surface area contributed by atoms with Crippen molar-refractivity contribution < 1.29 is 19.0 Å². The summed E-state index contributed by atoms with van der Waals surface area (Å²) < 4.78 is 17.7. The van der Waals surface area contributed by atoms with Crippen LogP contribution in [0.3, 0.4) is 0 Å². The standard InChI is InChI=1S/C19H24N2O4/c1-19(24-11-13-6-4-3-5-7-13)8-14(10-22)25-18(19)15-12-23-16(9-21-2)17(15)20/h3-7,9,12,14,18,22H,8,10-11,20H2,1-2H3/t14?,18?,19-/m1/s1. The Morgan fingerprint density at radius 3 is 2.84 bits per heavy atom. The molecule has 3 N–H and O–H groups in total. The molecular formula is C19H24N2O4. The Bertz CT molecular complexity index is 728. The van der Waals surface area contributed by atoms with E-state index in [0.717, 1.165) is 11.1 Å². The van der Waals surface area contributed by atoms with Crippen molar-refractivity contribution in [3.05, 3.63) is 53.5 Å². The lowest BCUT2D eigenvalue weighted by Gasteiger charge is -2.30. The zero-order chi connectivity index (χ0) is 17.9. The van der Waals surface area contributed by atoms with Gasteiger partial charge in [0.15, 0.2) is 5.76 Å². The summed E-state index contributed by atoms with van der Waals surface area (Å²) in [5.74, 6) is 0.499. The number of nitrogens with zero attached hydrogens (tertiary/aromatic N) is 1. The number of aliphatic hydroxyl groups excluding tert-OH is 1. The van der Waals surface area contributed by atoms with Crippen molar-refractivity contribution in [3.63, 3.8) is 0 Å². The van der Waals surface area contributed by atoms with Crippen LogP contribution in [0.2, 0.25) is 0 Å². The van der Waals surface area contributed by atoms with Crippen LogP contribution in [-0.2, 0) is 16.1 Å². The van der Waals surface area contributed by atoms with Gasteiger partial charge in [0.1, 0.15) is 6.10 Å². The molecule has 2 unspecified atom stereocenters. The second-order valence-electron chi connectivity index (χ2n) is 6.47. The third-order valence-corrected chi connectivity index (χ3v) is 4.55. The first-order valence-electron chi connectivity index (χ1n) is 8.30. The molecule has 2 heterocycles. The highest BCUT2D eigenvalue weighted by molar-refractivity contribution is 5.84. The molecule has 1 aliphatic rings. The summed E-state index contributed by atoms with van der Waals surface area (Å²) >= 11 is 0. The fourth-order valence-corrected chi connectivity index (χ4v) is 3.23. The van der Waals surface area contributed by atoms with E-state index in [1.165, 1.54) is 0 Å². The highest BCUT2D eigenvalue weighted by atomic mass is 16.6. The Morgan fingerprint density at radius 2 is 2.16 bits per heavy atom. The molecule has 2 aromatic rings. The van der Waals surface area contributed by atoms with E-state index in [1.807, 2.05) is 37.3 Å². The number of nitrogens with two attached hydrogens (primary N) is 1. The van der Waals surface area contributed by atoms with E-state index in [0.29, 0.717) is 24.5 Å². The van der Waals surface area contributed by atoms with Crippen LogP contribution >= 0.6 is 0 Å². The molecular weight excluding hydrogens is 320 g/mol. The van der Waals surface area contributed by atoms with E-state index in [-0.39, 0.29) is 12.7 Å². The first-order chi connectivity index (χ1) is 12.1. The molecule has 0 amide bonds. The Morgan fingerprint density at radius 1 is 1.40 bits per heavy atom. The quantitative estimate of drug-likeness (QED) is 0.786. The summed E-state index contributed by atoms with van der Waals surface area (Å²) in [6.45, 7) is 2.37. The normalized spacial score (nSPS) is 26.5. The van der Waals surface area contributed by atoms with Crippen molar-refractivity contribution >= 4 is 11.9 Å². The number of anilines is 1. The van der Waals surface area contributed by atoms with Crippen molar-refractivity contribution in [2.75, 3.05) is 19.4 Å². The molecule has 1 fully saturated rings. The van der Waals surface area contributed by atoms with Crippen LogP contribution < -0.4 is 5.73 Å². The number of ether oxygens (including phenoxy) is 2. The third kappa shape index (κ3) is 3.61. The SMILES string of the molecule is CN=Cc1occ(C2OC(CO)C[C@@]2(C)OCc2ccccc2)c1N. The van der Waals surface area contributed by atoms with E-state index < -0.39 is 11.7 Å². The number of aliphatic imine (C=N–C) groups is 1. The summed E-state index contributed by atoms with van der Waals surface area (Å²) in [7, 11) is 1.66. The average Bonchev–Trinajstić information content (AvgIpc) is 3.15. The van der Waals surface area contributed by atoms with Crippen molar-refractivity contribution in [1.82, 2.24) is 0 Å². The molecule has 1 saturated heterocycles. The smallest absolute Gasteiger partial charge is 0.167 e. The molecule has 1 aliphatic heterocycles. The molecule has 0 spiro atoms. The lowest BCUT2D eigenvalue weighted by atomic mass is 9.91. The van der Waals surface area contributed by atoms with Crippen LogP contribution in [0.25, 0.3) is 0 Å². The second kappa shape index (κ2) is 7.39. The minimum atomic E-state index is -0.623. The largest absolute Gasteiger partial charge is 0.461 e. The number of nitrogen functional groups attached to an aromatic ring is 1. The molecule has 25 heavy (non-hydrogen) atoms. The van der Waals surface area contributed by atoms with Crippen LogP contribution in [0.1, 0.15) is 36.3 Å². The maximum absolute atomic E-state index is 9.55. The first kappa shape index (κ1) is 17.7.